The van der Waals surface area contributed by atoms with E-state index in [4.69, 9.17) is 4.42 Å². The maximum absolute atomic E-state index is 12.3. The average Bonchev–Trinajstić information content (AvgIpc) is 3.44. The fourth-order valence-electron chi connectivity index (χ4n) is 3.69. The molecule has 0 saturated heterocycles. The van der Waals surface area contributed by atoms with Crippen LogP contribution in [0.5, 0.6) is 5.88 Å². The summed E-state index contributed by atoms with van der Waals surface area (Å²) in [6.07, 6.45) is 3.01. The molecule has 5 rings (SSSR count). The van der Waals surface area contributed by atoms with Crippen molar-refractivity contribution in [1.82, 2.24) is 4.98 Å². The SMILES string of the molecule is O=C1N=c2ccc(C(=O)O)cc2=C1C=c1ccc(=Cc2c(O)[nH]c3ccc(C(=O)O)cc23)o1.[Na].[Na]. The van der Waals surface area contributed by atoms with Gasteiger partial charge in [0.2, 0.25) is 0 Å². The molecule has 2 radical (unpaired) electrons. The second-order valence-corrected chi connectivity index (χ2v) is 7.35. The number of rotatable bonds is 4. The van der Waals surface area contributed by atoms with Crippen LogP contribution in [0.2, 0.25) is 0 Å². The number of hydrogen-bond donors (Lipinski definition) is 4. The summed E-state index contributed by atoms with van der Waals surface area (Å²) in [6, 6.07) is 11.9. The fraction of sp³-hybridized carbons (Fsp3) is 0. The van der Waals surface area contributed by atoms with Gasteiger partial charge in [0.05, 0.1) is 22.1 Å². The quantitative estimate of drug-likeness (QED) is 0.288. The molecule has 1 aliphatic heterocycles. The number of furan rings is 1. The number of benzene rings is 2. The van der Waals surface area contributed by atoms with Crippen LogP contribution in [-0.4, -0.2) is 97.3 Å². The summed E-state index contributed by atoms with van der Waals surface area (Å²) in [4.78, 5) is 41.6. The Bertz CT molecular complexity index is 1770. The summed E-state index contributed by atoms with van der Waals surface area (Å²) < 4.78 is 5.76. The number of aromatic hydroxyl groups is 1. The molecule has 35 heavy (non-hydrogen) atoms. The number of nitrogens with zero attached hydrogens (tertiary/aromatic N) is 1. The van der Waals surface area contributed by atoms with Crippen molar-refractivity contribution in [2.24, 2.45) is 4.99 Å². The van der Waals surface area contributed by atoms with E-state index >= 15 is 0 Å². The van der Waals surface area contributed by atoms with Gasteiger partial charge in [0.15, 0.2) is 5.88 Å². The number of fused-ring (bicyclic) bond motifs is 2. The Kier molecular flexibility index (Phi) is 7.90. The first kappa shape index (κ1) is 26.7. The van der Waals surface area contributed by atoms with Gasteiger partial charge < -0.3 is 24.7 Å². The van der Waals surface area contributed by atoms with Crippen LogP contribution in [0.4, 0.5) is 0 Å². The Balaban J connectivity index is 0.00000171. The number of carbonyl (C=O) groups is 3. The van der Waals surface area contributed by atoms with Crippen LogP contribution in [0.25, 0.3) is 28.6 Å². The van der Waals surface area contributed by atoms with Crippen molar-refractivity contribution < 1.29 is 34.1 Å². The largest absolute Gasteiger partial charge is 0.494 e. The summed E-state index contributed by atoms with van der Waals surface area (Å²) in [5.41, 5.74) is 1.89. The van der Waals surface area contributed by atoms with E-state index < -0.39 is 17.8 Å². The molecule has 0 fully saturated rings. The number of carbonyl (C=O) groups excluding carboxylic acids is 1. The minimum absolute atomic E-state index is 0. The summed E-state index contributed by atoms with van der Waals surface area (Å²) >= 11 is 0. The molecule has 0 aliphatic carbocycles. The molecule has 0 atom stereocenters. The van der Waals surface area contributed by atoms with Crippen LogP contribution in [-0.2, 0) is 4.79 Å². The second kappa shape index (κ2) is 10.4. The number of nitrogens with one attached hydrogen (secondary N) is 1. The van der Waals surface area contributed by atoms with Crippen molar-refractivity contribution in [2.75, 3.05) is 0 Å². The molecule has 4 aromatic rings. The number of H-pyrrole nitrogens is 1. The first-order valence-electron chi connectivity index (χ1n) is 9.68. The Morgan fingerprint density at radius 3 is 2.20 bits per heavy atom. The van der Waals surface area contributed by atoms with Crippen LogP contribution in [0.15, 0.2) is 57.9 Å². The van der Waals surface area contributed by atoms with E-state index in [1.807, 2.05) is 0 Å². The number of aromatic nitrogens is 1. The molecular weight excluding hydrogens is 474 g/mol. The van der Waals surface area contributed by atoms with Crippen LogP contribution >= 0.6 is 0 Å². The second-order valence-electron chi connectivity index (χ2n) is 7.35. The first-order chi connectivity index (χ1) is 15.8. The molecule has 1 aliphatic rings. The van der Waals surface area contributed by atoms with E-state index in [0.29, 0.717) is 37.9 Å². The molecule has 2 aromatic carbocycles. The van der Waals surface area contributed by atoms with Gasteiger partial charge in [-0.1, -0.05) is 0 Å². The third kappa shape index (κ3) is 5.06. The van der Waals surface area contributed by atoms with Crippen LogP contribution in [0, 0.1) is 0 Å². The number of amides is 1. The van der Waals surface area contributed by atoms with Crippen molar-refractivity contribution in [3.05, 3.63) is 86.6 Å². The van der Waals surface area contributed by atoms with Crippen molar-refractivity contribution >= 4 is 106 Å². The zero-order valence-electron chi connectivity index (χ0n) is 18.7. The van der Waals surface area contributed by atoms with Gasteiger partial charge in [-0.2, -0.15) is 0 Å². The van der Waals surface area contributed by atoms with Crippen molar-refractivity contribution in [3.8, 4) is 5.88 Å². The Labute approximate surface area is 240 Å². The minimum atomic E-state index is -1.11. The molecule has 9 nitrogen and oxygen atoms in total. The van der Waals surface area contributed by atoms with E-state index in [2.05, 4.69) is 9.98 Å². The Morgan fingerprint density at radius 1 is 0.886 bits per heavy atom. The molecule has 2 aromatic heterocycles. The smallest absolute Gasteiger partial charge is 0.335 e. The summed E-state index contributed by atoms with van der Waals surface area (Å²) in [5, 5.41) is 30.0. The van der Waals surface area contributed by atoms with Crippen LogP contribution < -0.4 is 21.4 Å². The van der Waals surface area contributed by atoms with Gasteiger partial charge in [-0.25, -0.2) is 14.6 Å². The average molecular weight is 488 g/mol. The summed E-state index contributed by atoms with van der Waals surface area (Å²) in [5.74, 6) is -2.86. The number of hydrogen-bond acceptors (Lipinski definition) is 5. The van der Waals surface area contributed by atoms with Gasteiger partial charge in [0.25, 0.3) is 5.91 Å². The van der Waals surface area contributed by atoms with E-state index in [1.54, 1.807) is 24.3 Å². The Hall–Kier alpha value is -2.92. The van der Waals surface area contributed by atoms with Crippen LogP contribution in [0.3, 0.4) is 0 Å². The van der Waals surface area contributed by atoms with Gasteiger partial charge in [-0.3, -0.25) is 4.79 Å². The molecule has 4 N–H and O–H groups in total. The number of carboxylic acid groups (broad SMARTS) is 2. The van der Waals surface area contributed by atoms with E-state index in [0.717, 1.165) is 0 Å². The zero-order valence-corrected chi connectivity index (χ0v) is 22.7. The fourth-order valence-corrected chi connectivity index (χ4v) is 3.69. The third-order valence-electron chi connectivity index (χ3n) is 5.27. The normalized spacial score (nSPS) is 13.3. The monoisotopic (exact) mass is 488 g/mol. The zero-order chi connectivity index (χ0) is 23.3. The van der Waals surface area contributed by atoms with Crippen LogP contribution in [0.1, 0.15) is 26.3 Å². The summed E-state index contributed by atoms with van der Waals surface area (Å²) in [6.45, 7) is 0. The molecule has 0 unspecified atom stereocenters. The van der Waals surface area contributed by atoms with Gasteiger partial charge in [-0.15, -0.1) is 0 Å². The van der Waals surface area contributed by atoms with Gasteiger partial charge >= 0.3 is 11.9 Å². The number of aromatic carboxylic acids is 2. The van der Waals surface area contributed by atoms with Gasteiger partial charge in [0, 0.05) is 80.8 Å². The number of aromatic amines is 1. The predicted octanol–water partition coefficient (Wildman–Crippen LogP) is -0.279. The first-order valence-corrected chi connectivity index (χ1v) is 9.68. The predicted molar refractivity (Wildman–Crippen MR) is 127 cm³/mol. The van der Waals surface area contributed by atoms with Gasteiger partial charge in [0.1, 0.15) is 10.8 Å². The minimum Gasteiger partial charge on any atom is -0.494 e. The van der Waals surface area contributed by atoms with Crippen molar-refractivity contribution in [3.63, 3.8) is 0 Å². The maximum atomic E-state index is 12.3. The molecule has 1 amide bonds. The number of carboxylic acids is 2. The molecular formula is C24H14N2Na2O7. The van der Waals surface area contributed by atoms with Gasteiger partial charge in [-0.05, 0) is 60.7 Å². The van der Waals surface area contributed by atoms with E-state index in [-0.39, 0.29) is 81.7 Å². The topological polar surface area (TPSA) is 153 Å². The van der Waals surface area contributed by atoms with Crippen molar-refractivity contribution in [2.45, 2.75) is 0 Å². The van der Waals surface area contributed by atoms with Crippen molar-refractivity contribution in [1.29, 1.82) is 0 Å². The molecule has 3 heterocycles. The van der Waals surface area contributed by atoms with E-state index in [9.17, 15) is 29.7 Å². The Morgan fingerprint density at radius 2 is 1.51 bits per heavy atom. The molecule has 11 heteroatoms. The third-order valence-corrected chi connectivity index (χ3v) is 5.27. The molecule has 0 bridgehead atoms. The summed E-state index contributed by atoms with van der Waals surface area (Å²) in [7, 11) is 0. The molecule has 0 saturated carbocycles. The molecule has 0 spiro atoms. The van der Waals surface area contributed by atoms with E-state index in [1.165, 1.54) is 36.4 Å². The standard InChI is InChI=1S/C24H14N2O7.2Na/c27-21-17(15-7-11(23(29)30)1-5-19(15)25-21)9-13-3-4-14(33-13)10-18-16-8-12(24(31)32)2-6-20(16)26-22(18)28;;/h1-10,25,27H,(H,29,30)(H,31,32);;. The molecule has 164 valence electrons. The maximum Gasteiger partial charge on any atom is 0.335 e.